The Labute approximate surface area is 175 Å². The fraction of sp³-hybridized carbons (Fsp3) is 0.520. The standard InChI is InChI=1S/C25H35N3O/c1-19(20-11-6-5-7-12-20)17-28-16-10-13-21(18-28)23(22-14-8-9-15-26-22)27-24(29)25(2,3)4/h5-9,11-12,14-15,19,21,23H,10,13,16-18H2,1-4H3,(H,27,29)/t19-,21-,23-/m1/s1. The first-order valence-electron chi connectivity index (χ1n) is 10.8. The lowest BCUT2D eigenvalue weighted by Crippen LogP contribution is -2.46. The number of carbonyl (C=O) groups is 1. The molecule has 1 amide bonds. The van der Waals surface area contributed by atoms with Gasteiger partial charge in [0, 0.05) is 24.7 Å². The molecular formula is C25H35N3O. The van der Waals surface area contributed by atoms with Crippen LogP contribution >= 0.6 is 0 Å². The zero-order chi connectivity index (χ0) is 20.9. The molecule has 2 heterocycles. The van der Waals surface area contributed by atoms with Crippen LogP contribution < -0.4 is 5.32 Å². The number of nitrogens with zero attached hydrogens (tertiary/aromatic N) is 2. The van der Waals surface area contributed by atoms with E-state index in [1.807, 2.05) is 45.2 Å². The molecule has 0 radical (unpaired) electrons. The van der Waals surface area contributed by atoms with Gasteiger partial charge in [0.05, 0.1) is 11.7 Å². The fourth-order valence-corrected chi connectivity index (χ4v) is 4.15. The Bertz CT molecular complexity index is 770. The van der Waals surface area contributed by atoms with Gasteiger partial charge in [-0.3, -0.25) is 9.78 Å². The van der Waals surface area contributed by atoms with Crippen molar-refractivity contribution >= 4 is 5.91 Å². The molecule has 156 valence electrons. The molecule has 3 rings (SSSR count). The van der Waals surface area contributed by atoms with E-state index in [0.717, 1.165) is 38.2 Å². The van der Waals surface area contributed by atoms with E-state index < -0.39 is 5.41 Å². The number of piperidine rings is 1. The molecule has 0 saturated carbocycles. The third kappa shape index (κ3) is 5.89. The number of pyridine rings is 1. The number of benzene rings is 1. The van der Waals surface area contributed by atoms with Crippen molar-refractivity contribution in [3.8, 4) is 0 Å². The second-order valence-corrected chi connectivity index (χ2v) is 9.43. The van der Waals surface area contributed by atoms with Crippen LogP contribution in [0, 0.1) is 11.3 Å². The molecule has 1 fully saturated rings. The van der Waals surface area contributed by atoms with Crippen molar-refractivity contribution in [1.29, 1.82) is 0 Å². The topological polar surface area (TPSA) is 45.2 Å². The van der Waals surface area contributed by atoms with Crippen LogP contribution in [0.25, 0.3) is 0 Å². The van der Waals surface area contributed by atoms with Gasteiger partial charge in [-0.2, -0.15) is 0 Å². The molecule has 0 aliphatic carbocycles. The van der Waals surface area contributed by atoms with E-state index >= 15 is 0 Å². The highest BCUT2D eigenvalue weighted by molar-refractivity contribution is 5.81. The molecule has 2 aromatic rings. The molecule has 1 aromatic heterocycles. The maximum atomic E-state index is 12.8. The van der Waals surface area contributed by atoms with Gasteiger partial charge in [-0.15, -0.1) is 0 Å². The Balaban J connectivity index is 1.73. The van der Waals surface area contributed by atoms with E-state index in [1.54, 1.807) is 0 Å². The van der Waals surface area contributed by atoms with Crippen molar-refractivity contribution in [3.05, 3.63) is 66.0 Å². The predicted octanol–water partition coefficient (Wildman–Crippen LogP) is 4.80. The molecule has 29 heavy (non-hydrogen) atoms. The van der Waals surface area contributed by atoms with Crippen LogP contribution in [0.2, 0.25) is 0 Å². The Morgan fingerprint density at radius 2 is 1.90 bits per heavy atom. The summed E-state index contributed by atoms with van der Waals surface area (Å²) in [6.45, 7) is 11.4. The molecule has 1 saturated heterocycles. The first-order valence-corrected chi connectivity index (χ1v) is 10.8. The highest BCUT2D eigenvalue weighted by Crippen LogP contribution is 2.31. The summed E-state index contributed by atoms with van der Waals surface area (Å²) in [5.74, 6) is 0.947. The van der Waals surface area contributed by atoms with E-state index in [1.165, 1.54) is 5.56 Å². The maximum Gasteiger partial charge on any atom is 0.225 e. The Morgan fingerprint density at radius 1 is 1.17 bits per heavy atom. The van der Waals surface area contributed by atoms with Crippen molar-refractivity contribution in [1.82, 2.24) is 15.2 Å². The first-order chi connectivity index (χ1) is 13.8. The predicted molar refractivity (Wildman–Crippen MR) is 119 cm³/mol. The summed E-state index contributed by atoms with van der Waals surface area (Å²) in [7, 11) is 0. The van der Waals surface area contributed by atoms with Crippen LogP contribution in [-0.4, -0.2) is 35.4 Å². The normalized spacial score (nSPS) is 20.1. The number of hydrogen-bond donors (Lipinski definition) is 1. The molecule has 1 aliphatic rings. The summed E-state index contributed by atoms with van der Waals surface area (Å²) >= 11 is 0. The van der Waals surface area contributed by atoms with Crippen LogP contribution in [-0.2, 0) is 4.79 Å². The largest absolute Gasteiger partial charge is 0.347 e. The Morgan fingerprint density at radius 3 is 2.55 bits per heavy atom. The van der Waals surface area contributed by atoms with E-state index in [0.29, 0.717) is 11.8 Å². The summed E-state index contributed by atoms with van der Waals surface area (Å²) in [6.07, 6.45) is 4.09. The Kier molecular flexibility index (Phi) is 7.07. The molecule has 0 spiro atoms. The minimum Gasteiger partial charge on any atom is -0.347 e. The lowest BCUT2D eigenvalue weighted by Gasteiger charge is -2.39. The number of hydrogen-bond acceptors (Lipinski definition) is 3. The third-order valence-electron chi connectivity index (χ3n) is 5.89. The van der Waals surface area contributed by atoms with Gasteiger partial charge in [0.25, 0.3) is 0 Å². The van der Waals surface area contributed by atoms with Crippen molar-refractivity contribution in [3.63, 3.8) is 0 Å². The number of carbonyl (C=O) groups excluding carboxylic acids is 1. The first kappa shape index (κ1) is 21.5. The van der Waals surface area contributed by atoms with Gasteiger partial charge in [0.2, 0.25) is 5.91 Å². The smallest absolute Gasteiger partial charge is 0.225 e. The van der Waals surface area contributed by atoms with Gasteiger partial charge in [-0.25, -0.2) is 0 Å². The molecule has 1 aliphatic heterocycles. The molecule has 0 bridgehead atoms. The van der Waals surface area contributed by atoms with E-state index in [-0.39, 0.29) is 11.9 Å². The average molecular weight is 394 g/mol. The maximum absolute atomic E-state index is 12.8. The minimum absolute atomic E-state index is 0.0437. The zero-order valence-electron chi connectivity index (χ0n) is 18.3. The molecule has 0 unspecified atom stereocenters. The van der Waals surface area contributed by atoms with Gasteiger partial charge < -0.3 is 10.2 Å². The summed E-state index contributed by atoms with van der Waals surface area (Å²) in [4.78, 5) is 19.9. The summed E-state index contributed by atoms with van der Waals surface area (Å²) in [5.41, 5.74) is 1.94. The second kappa shape index (κ2) is 9.53. The summed E-state index contributed by atoms with van der Waals surface area (Å²) < 4.78 is 0. The molecule has 4 nitrogen and oxygen atoms in total. The summed E-state index contributed by atoms with van der Waals surface area (Å²) in [5, 5.41) is 3.32. The van der Waals surface area contributed by atoms with Gasteiger partial charge in [-0.1, -0.05) is 64.1 Å². The molecular weight excluding hydrogens is 358 g/mol. The zero-order valence-corrected chi connectivity index (χ0v) is 18.3. The van der Waals surface area contributed by atoms with Gasteiger partial charge in [0.1, 0.15) is 0 Å². The van der Waals surface area contributed by atoms with Crippen molar-refractivity contribution in [2.24, 2.45) is 11.3 Å². The number of likely N-dealkylation sites (tertiary alicyclic amines) is 1. The van der Waals surface area contributed by atoms with Crippen molar-refractivity contribution < 1.29 is 4.79 Å². The van der Waals surface area contributed by atoms with E-state index in [2.05, 4.69) is 52.5 Å². The fourth-order valence-electron chi connectivity index (χ4n) is 4.15. The summed E-state index contributed by atoms with van der Waals surface area (Å²) in [6, 6.07) is 16.7. The van der Waals surface area contributed by atoms with E-state index in [9.17, 15) is 4.79 Å². The average Bonchev–Trinajstić information content (AvgIpc) is 2.72. The van der Waals surface area contributed by atoms with Crippen LogP contribution in [0.15, 0.2) is 54.7 Å². The Hall–Kier alpha value is -2.20. The van der Waals surface area contributed by atoms with Gasteiger partial charge >= 0.3 is 0 Å². The SMILES string of the molecule is C[C@H](CN1CCC[C@@H]([C@@H](NC(=O)C(C)(C)C)c2ccccn2)C1)c1ccccc1. The number of rotatable bonds is 6. The van der Waals surface area contributed by atoms with Crippen LogP contribution in [0.5, 0.6) is 0 Å². The molecule has 3 atom stereocenters. The van der Waals surface area contributed by atoms with Crippen LogP contribution in [0.1, 0.15) is 63.8 Å². The minimum atomic E-state index is -0.413. The molecule has 4 heteroatoms. The quantitative estimate of drug-likeness (QED) is 0.767. The monoisotopic (exact) mass is 393 g/mol. The van der Waals surface area contributed by atoms with Gasteiger partial charge in [0.15, 0.2) is 0 Å². The molecule has 1 N–H and O–H groups in total. The number of aromatic nitrogens is 1. The van der Waals surface area contributed by atoms with Crippen LogP contribution in [0.4, 0.5) is 0 Å². The molecule has 1 aromatic carbocycles. The van der Waals surface area contributed by atoms with Crippen molar-refractivity contribution in [2.45, 2.75) is 52.5 Å². The second-order valence-electron chi connectivity index (χ2n) is 9.43. The van der Waals surface area contributed by atoms with Gasteiger partial charge in [-0.05, 0) is 48.9 Å². The number of nitrogens with one attached hydrogen (secondary N) is 1. The lowest BCUT2D eigenvalue weighted by molar-refractivity contribution is -0.130. The van der Waals surface area contributed by atoms with Crippen LogP contribution in [0.3, 0.4) is 0 Å². The lowest BCUT2D eigenvalue weighted by atomic mass is 9.86. The third-order valence-corrected chi connectivity index (χ3v) is 5.89. The van der Waals surface area contributed by atoms with E-state index in [4.69, 9.17) is 0 Å². The highest BCUT2D eigenvalue weighted by Gasteiger charge is 2.33. The highest BCUT2D eigenvalue weighted by atomic mass is 16.2. The number of amides is 1. The van der Waals surface area contributed by atoms with Crippen molar-refractivity contribution in [2.75, 3.05) is 19.6 Å².